The number of pyridine rings is 1. The van der Waals surface area contributed by atoms with Crippen molar-refractivity contribution in [2.24, 2.45) is 0 Å². The van der Waals surface area contributed by atoms with Gasteiger partial charge in [-0.15, -0.1) is 0 Å². The van der Waals surface area contributed by atoms with E-state index in [9.17, 15) is 8.42 Å². The summed E-state index contributed by atoms with van der Waals surface area (Å²) in [4.78, 5) is 4.03. The molecule has 0 bridgehead atoms. The molecule has 0 aliphatic rings. The third kappa shape index (κ3) is 2.23. The third-order valence-corrected chi connectivity index (χ3v) is 4.51. The van der Waals surface area contributed by atoms with E-state index in [1.807, 2.05) is 0 Å². The maximum Gasteiger partial charge on any atom is 0.281 e. The first-order chi connectivity index (χ1) is 9.58. The Hall–Kier alpha value is -2.05. The Morgan fingerprint density at radius 1 is 1.05 bits per heavy atom. The summed E-state index contributed by atoms with van der Waals surface area (Å²) in [5, 5.41) is -0.127. The molecule has 20 heavy (non-hydrogen) atoms. The summed E-state index contributed by atoms with van der Waals surface area (Å²) in [6.45, 7) is 0. The minimum atomic E-state index is -3.81. The summed E-state index contributed by atoms with van der Waals surface area (Å²) in [6, 6.07) is 13.8. The van der Waals surface area contributed by atoms with Crippen LogP contribution in [-0.2, 0) is 10.0 Å². The molecular weight excluding hydrogens is 298 g/mol. The van der Waals surface area contributed by atoms with Crippen molar-refractivity contribution in [3.63, 3.8) is 0 Å². The van der Waals surface area contributed by atoms with Crippen molar-refractivity contribution < 1.29 is 8.42 Å². The number of sulfonamides is 1. The zero-order chi connectivity index (χ0) is 14.2. The number of hydrogen-bond donors (Lipinski definition) is 1. The zero-order valence-electron chi connectivity index (χ0n) is 10.2. The molecule has 0 unspecified atom stereocenters. The van der Waals surface area contributed by atoms with Crippen molar-refractivity contribution in [3.05, 3.63) is 59.9 Å². The highest BCUT2D eigenvalue weighted by Gasteiger charge is 2.24. The number of benzene rings is 1. The smallest absolute Gasteiger partial charge is 0.281 e. The van der Waals surface area contributed by atoms with Gasteiger partial charge in [-0.1, -0.05) is 35.9 Å². The third-order valence-electron chi connectivity index (χ3n) is 2.73. The highest BCUT2D eigenvalue weighted by atomic mass is 35.5. The van der Waals surface area contributed by atoms with Crippen LogP contribution in [0, 0.1) is 0 Å². The van der Waals surface area contributed by atoms with Crippen molar-refractivity contribution in [3.8, 4) is 0 Å². The van der Waals surface area contributed by atoms with Crippen molar-refractivity contribution in [1.82, 2.24) is 9.38 Å². The van der Waals surface area contributed by atoms with Gasteiger partial charge in [-0.2, -0.15) is 8.42 Å². The van der Waals surface area contributed by atoms with Gasteiger partial charge >= 0.3 is 0 Å². The second-order valence-corrected chi connectivity index (χ2v) is 6.06. The van der Waals surface area contributed by atoms with E-state index in [-0.39, 0.29) is 10.2 Å². The van der Waals surface area contributed by atoms with E-state index in [0.717, 1.165) is 0 Å². The second kappa shape index (κ2) is 4.81. The topological polar surface area (TPSA) is 63.5 Å². The average molecular weight is 308 g/mol. The molecule has 0 aliphatic heterocycles. The molecule has 2 heterocycles. The van der Waals surface area contributed by atoms with E-state index in [1.54, 1.807) is 54.7 Å². The largest absolute Gasteiger partial charge is 0.288 e. The minimum absolute atomic E-state index is 0.0559. The van der Waals surface area contributed by atoms with Crippen LogP contribution >= 0.6 is 11.6 Å². The molecule has 0 aliphatic carbocycles. The summed E-state index contributed by atoms with van der Waals surface area (Å²) in [5.74, 6) is 0. The Balaban J connectivity index is 2.12. The lowest BCUT2D eigenvalue weighted by atomic mass is 10.3. The highest BCUT2D eigenvalue weighted by molar-refractivity contribution is 7.92. The number of halogens is 1. The van der Waals surface area contributed by atoms with E-state index in [1.165, 1.54) is 4.40 Å². The van der Waals surface area contributed by atoms with Crippen LogP contribution in [0.5, 0.6) is 0 Å². The van der Waals surface area contributed by atoms with Gasteiger partial charge in [0.2, 0.25) is 0 Å². The van der Waals surface area contributed by atoms with Gasteiger partial charge in [0.15, 0.2) is 10.2 Å². The fraction of sp³-hybridized carbons (Fsp3) is 0. The molecule has 3 rings (SSSR count). The molecule has 0 amide bonds. The number of para-hydroxylation sites is 1. The molecule has 0 radical (unpaired) electrons. The van der Waals surface area contributed by atoms with Gasteiger partial charge in [-0.05, 0) is 24.3 Å². The molecule has 3 aromatic rings. The first kappa shape index (κ1) is 13.0. The first-order valence-electron chi connectivity index (χ1n) is 5.78. The molecule has 2 aromatic heterocycles. The molecule has 1 N–H and O–H groups in total. The van der Waals surface area contributed by atoms with Gasteiger partial charge in [-0.3, -0.25) is 9.12 Å². The summed E-state index contributed by atoms with van der Waals surface area (Å²) in [6.07, 6.45) is 1.60. The van der Waals surface area contributed by atoms with Crippen molar-refractivity contribution in [2.45, 2.75) is 5.03 Å². The van der Waals surface area contributed by atoms with E-state index in [4.69, 9.17) is 11.6 Å². The summed E-state index contributed by atoms with van der Waals surface area (Å²) >= 11 is 5.97. The summed E-state index contributed by atoms with van der Waals surface area (Å²) < 4.78 is 28.8. The van der Waals surface area contributed by atoms with Gasteiger partial charge in [0, 0.05) is 11.9 Å². The summed E-state index contributed by atoms with van der Waals surface area (Å²) in [5.41, 5.74) is 0.945. The zero-order valence-corrected chi connectivity index (χ0v) is 11.8. The fourth-order valence-corrected chi connectivity index (χ4v) is 3.60. The van der Waals surface area contributed by atoms with E-state index in [0.29, 0.717) is 11.3 Å². The quantitative estimate of drug-likeness (QED) is 0.809. The monoisotopic (exact) mass is 307 g/mol. The lowest BCUT2D eigenvalue weighted by Crippen LogP contribution is -2.15. The SMILES string of the molecule is O=S(=O)(Nc1ccccc1)c1c(Cl)nc2ccccn12. The number of nitrogens with one attached hydrogen (secondary N) is 1. The lowest BCUT2D eigenvalue weighted by Gasteiger charge is -2.07. The molecule has 102 valence electrons. The van der Waals surface area contributed by atoms with E-state index >= 15 is 0 Å². The molecule has 0 saturated heterocycles. The molecule has 0 atom stereocenters. The number of hydrogen-bond acceptors (Lipinski definition) is 3. The Labute approximate surface area is 120 Å². The fourth-order valence-electron chi connectivity index (χ4n) is 1.89. The number of anilines is 1. The van der Waals surface area contributed by atoms with Gasteiger partial charge in [0.05, 0.1) is 0 Å². The van der Waals surface area contributed by atoms with Gasteiger partial charge in [0.25, 0.3) is 10.0 Å². The maximum absolute atomic E-state index is 12.4. The Bertz CT molecular complexity index is 860. The maximum atomic E-state index is 12.4. The van der Waals surface area contributed by atoms with Crippen LogP contribution in [-0.4, -0.2) is 17.8 Å². The van der Waals surface area contributed by atoms with Crippen LogP contribution in [0.3, 0.4) is 0 Å². The molecule has 1 aromatic carbocycles. The van der Waals surface area contributed by atoms with E-state index < -0.39 is 10.0 Å². The van der Waals surface area contributed by atoms with Crippen LogP contribution in [0.2, 0.25) is 5.15 Å². The number of nitrogens with zero attached hydrogens (tertiary/aromatic N) is 2. The van der Waals surface area contributed by atoms with Crippen LogP contribution < -0.4 is 4.72 Å². The van der Waals surface area contributed by atoms with Gasteiger partial charge in [0.1, 0.15) is 5.65 Å². The predicted molar refractivity (Wildman–Crippen MR) is 77.5 cm³/mol. The molecule has 0 fully saturated rings. The lowest BCUT2D eigenvalue weighted by molar-refractivity contribution is 0.596. The number of imidazole rings is 1. The van der Waals surface area contributed by atoms with Crippen LogP contribution in [0.1, 0.15) is 0 Å². The van der Waals surface area contributed by atoms with Crippen molar-refractivity contribution >= 4 is 33.0 Å². The second-order valence-electron chi connectivity index (χ2n) is 4.11. The molecule has 0 saturated carbocycles. The first-order valence-corrected chi connectivity index (χ1v) is 7.64. The Kier molecular flexibility index (Phi) is 3.11. The van der Waals surface area contributed by atoms with E-state index in [2.05, 4.69) is 9.71 Å². The van der Waals surface area contributed by atoms with Crippen LogP contribution in [0.4, 0.5) is 5.69 Å². The van der Waals surface area contributed by atoms with Crippen molar-refractivity contribution in [2.75, 3.05) is 4.72 Å². The predicted octanol–water partition coefficient (Wildman–Crippen LogP) is 2.79. The number of fused-ring (bicyclic) bond motifs is 1. The highest BCUT2D eigenvalue weighted by Crippen LogP contribution is 2.24. The summed E-state index contributed by atoms with van der Waals surface area (Å²) in [7, 11) is -3.81. The minimum Gasteiger partial charge on any atom is -0.288 e. The van der Waals surface area contributed by atoms with Crippen LogP contribution in [0.25, 0.3) is 5.65 Å². The Morgan fingerprint density at radius 2 is 1.75 bits per heavy atom. The molecular formula is C13H10ClN3O2S. The normalized spacial score (nSPS) is 11.7. The number of aromatic nitrogens is 2. The number of rotatable bonds is 3. The van der Waals surface area contributed by atoms with Crippen molar-refractivity contribution in [1.29, 1.82) is 0 Å². The standard InChI is InChI=1S/C13H10ClN3O2S/c14-12-13(17-9-5-4-8-11(17)15-12)20(18,19)16-10-6-2-1-3-7-10/h1-9,16H. The Morgan fingerprint density at radius 3 is 2.50 bits per heavy atom. The molecule has 7 heteroatoms. The molecule has 0 spiro atoms. The average Bonchev–Trinajstić information content (AvgIpc) is 2.75. The molecule has 5 nitrogen and oxygen atoms in total. The van der Waals surface area contributed by atoms with Gasteiger partial charge in [-0.25, -0.2) is 4.98 Å². The van der Waals surface area contributed by atoms with Crippen LogP contribution in [0.15, 0.2) is 59.8 Å². The van der Waals surface area contributed by atoms with Gasteiger partial charge < -0.3 is 0 Å².